The minimum Gasteiger partial charge on any atom is -0.491 e. The second-order valence-corrected chi connectivity index (χ2v) is 7.46. The van der Waals surface area contributed by atoms with E-state index in [0.29, 0.717) is 35.6 Å². The zero-order chi connectivity index (χ0) is 23.5. The molecule has 0 aliphatic carbocycles. The van der Waals surface area contributed by atoms with Crippen molar-refractivity contribution in [1.29, 1.82) is 5.26 Å². The van der Waals surface area contributed by atoms with Gasteiger partial charge in [-0.2, -0.15) is 5.26 Å². The van der Waals surface area contributed by atoms with Crippen LogP contribution < -0.4 is 10.1 Å². The van der Waals surface area contributed by atoms with Gasteiger partial charge in [-0.05, 0) is 66.8 Å². The zero-order valence-electron chi connectivity index (χ0n) is 18.5. The van der Waals surface area contributed by atoms with Gasteiger partial charge in [-0.25, -0.2) is 0 Å². The van der Waals surface area contributed by atoms with Gasteiger partial charge in [-0.15, -0.1) is 0 Å². The van der Waals surface area contributed by atoms with Crippen LogP contribution in [-0.2, 0) is 9.53 Å². The Kier molecular flexibility index (Phi) is 8.61. The Morgan fingerprint density at radius 3 is 2.33 bits per heavy atom. The van der Waals surface area contributed by atoms with E-state index in [1.54, 1.807) is 24.3 Å². The number of unbranched alkanes of at least 4 members (excludes halogenated alkanes) is 2. The molecule has 6 heteroatoms. The first-order chi connectivity index (χ1) is 16.1. The molecule has 0 unspecified atom stereocenters. The van der Waals surface area contributed by atoms with Crippen LogP contribution >= 0.6 is 0 Å². The molecule has 0 aromatic heterocycles. The lowest BCUT2D eigenvalue weighted by molar-refractivity contribution is -0.140. The summed E-state index contributed by atoms with van der Waals surface area (Å²) in [5.74, 6) is 0.139. The van der Waals surface area contributed by atoms with Crippen LogP contribution in [0.3, 0.4) is 0 Å². The van der Waals surface area contributed by atoms with Gasteiger partial charge in [0.15, 0.2) is 0 Å². The highest BCUT2D eigenvalue weighted by Crippen LogP contribution is 2.31. The van der Waals surface area contributed by atoms with Gasteiger partial charge in [-0.1, -0.05) is 36.4 Å². The number of hydrogen-bond acceptors (Lipinski definition) is 5. The molecule has 3 rings (SSSR count). The van der Waals surface area contributed by atoms with Gasteiger partial charge in [0.1, 0.15) is 5.75 Å². The summed E-state index contributed by atoms with van der Waals surface area (Å²) < 4.78 is 10.6. The highest BCUT2D eigenvalue weighted by atomic mass is 16.5. The van der Waals surface area contributed by atoms with Gasteiger partial charge in [0.05, 0.1) is 31.0 Å². The third-order valence-corrected chi connectivity index (χ3v) is 5.12. The number of nitrogens with one attached hydrogen (secondary N) is 1. The molecule has 0 aliphatic heterocycles. The van der Waals surface area contributed by atoms with Crippen molar-refractivity contribution in [3.8, 4) is 22.9 Å². The third kappa shape index (κ3) is 6.94. The van der Waals surface area contributed by atoms with Gasteiger partial charge in [0.25, 0.3) is 5.91 Å². The number of hydrogen-bond donors (Lipinski definition) is 1. The zero-order valence-corrected chi connectivity index (χ0v) is 18.5. The second kappa shape index (κ2) is 12.1. The fourth-order valence-corrected chi connectivity index (χ4v) is 3.29. The number of carbonyl (C=O) groups excluding carboxylic acids is 2. The number of ether oxygens (including phenoxy) is 2. The summed E-state index contributed by atoms with van der Waals surface area (Å²) in [5, 5.41) is 12.0. The van der Waals surface area contributed by atoms with Crippen LogP contribution in [0.15, 0.2) is 72.8 Å². The summed E-state index contributed by atoms with van der Waals surface area (Å²) in [6.07, 6.45) is 2.75. The number of amides is 1. The maximum absolute atomic E-state index is 12.8. The standard InChI is InChI=1S/C27H26N2O4/c1-32-26(30)10-6-3-7-17-33-25-16-15-23(21-13-11-20(19-28)12-14-21)18-24(25)29-27(31)22-8-4-2-5-9-22/h2,4-5,8-9,11-16,18H,3,6-7,10,17H2,1H3,(H,29,31). The molecule has 0 bridgehead atoms. The Hall–Kier alpha value is -4.11. The van der Waals surface area contributed by atoms with Crippen molar-refractivity contribution >= 4 is 17.6 Å². The van der Waals surface area contributed by atoms with Crippen LogP contribution in [0.5, 0.6) is 5.75 Å². The van der Waals surface area contributed by atoms with Crippen LogP contribution in [0.1, 0.15) is 41.6 Å². The lowest BCUT2D eigenvalue weighted by atomic mass is 10.0. The first kappa shape index (κ1) is 23.6. The number of esters is 1. The fraction of sp³-hybridized carbons (Fsp3) is 0.222. The normalized spacial score (nSPS) is 10.2. The van der Waals surface area contributed by atoms with Gasteiger partial charge < -0.3 is 14.8 Å². The molecule has 0 atom stereocenters. The van der Waals surface area contributed by atoms with Crippen molar-refractivity contribution in [2.24, 2.45) is 0 Å². The molecule has 1 amide bonds. The molecule has 3 aromatic rings. The van der Waals surface area contributed by atoms with Gasteiger partial charge in [-0.3, -0.25) is 9.59 Å². The summed E-state index contributed by atoms with van der Waals surface area (Å²) in [6, 6.07) is 24.0. The molecule has 6 nitrogen and oxygen atoms in total. The molecular formula is C27H26N2O4. The smallest absolute Gasteiger partial charge is 0.305 e. The number of anilines is 1. The van der Waals surface area contributed by atoms with Crippen molar-refractivity contribution in [3.63, 3.8) is 0 Å². The monoisotopic (exact) mass is 442 g/mol. The van der Waals surface area contributed by atoms with Crippen molar-refractivity contribution in [3.05, 3.63) is 83.9 Å². The summed E-state index contributed by atoms with van der Waals surface area (Å²) in [4.78, 5) is 24.0. The molecular weight excluding hydrogens is 416 g/mol. The average Bonchev–Trinajstić information content (AvgIpc) is 2.87. The van der Waals surface area contributed by atoms with E-state index in [-0.39, 0.29) is 11.9 Å². The Balaban J connectivity index is 1.73. The van der Waals surface area contributed by atoms with Gasteiger partial charge >= 0.3 is 5.97 Å². The Morgan fingerprint density at radius 1 is 0.909 bits per heavy atom. The molecule has 168 valence electrons. The molecule has 0 saturated heterocycles. The number of carbonyl (C=O) groups is 2. The van der Waals surface area contributed by atoms with E-state index in [4.69, 9.17) is 10.00 Å². The van der Waals surface area contributed by atoms with Crippen LogP contribution in [0, 0.1) is 11.3 Å². The van der Waals surface area contributed by atoms with E-state index in [1.165, 1.54) is 7.11 Å². The topological polar surface area (TPSA) is 88.4 Å². The molecule has 0 spiro atoms. The first-order valence-corrected chi connectivity index (χ1v) is 10.8. The van der Waals surface area contributed by atoms with Crippen LogP contribution in [0.2, 0.25) is 0 Å². The number of nitrogens with zero attached hydrogens (tertiary/aromatic N) is 1. The summed E-state index contributed by atoms with van der Waals surface area (Å²) >= 11 is 0. The predicted octanol–water partition coefficient (Wildman–Crippen LogP) is 5.59. The highest BCUT2D eigenvalue weighted by molar-refractivity contribution is 6.05. The number of nitriles is 1. The minimum absolute atomic E-state index is 0.208. The quantitative estimate of drug-likeness (QED) is 0.327. The highest BCUT2D eigenvalue weighted by Gasteiger charge is 2.12. The van der Waals surface area contributed by atoms with E-state index < -0.39 is 0 Å². The fourth-order valence-electron chi connectivity index (χ4n) is 3.29. The van der Waals surface area contributed by atoms with E-state index in [1.807, 2.05) is 48.5 Å². The third-order valence-electron chi connectivity index (χ3n) is 5.12. The summed E-state index contributed by atoms with van der Waals surface area (Å²) in [6.45, 7) is 0.464. The Bertz CT molecular complexity index is 1120. The molecule has 33 heavy (non-hydrogen) atoms. The van der Waals surface area contributed by atoms with E-state index in [2.05, 4.69) is 16.1 Å². The van der Waals surface area contributed by atoms with E-state index in [9.17, 15) is 9.59 Å². The summed E-state index contributed by atoms with van der Waals surface area (Å²) in [5.41, 5.74) is 3.53. The molecule has 3 aromatic carbocycles. The lowest BCUT2D eigenvalue weighted by Crippen LogP contribution is -2.13. The van der Waals surface area contributed by atoms with Crippen molar-refractivity contribution in [2.75, 3.05) is 19.0 Å². The number of methoxy groups -OCH3 is 1. The minimum atomic E-state index is -0.226. The van der Waals surface area contributed by atoms with Crippen molar-refractivity contribution < 1.29 is 19.1 Å². The van der Waals surface area contributed by atoms with E-state index in [0.717, 1.165) is 30.4 Å². The molecule has 0 radical (unpaired) electrons. The van der Waals surface area contributed by atoms with Crippen molar-refractivity contribution in [1.82, 2.24) is 0 Å². The number of rotatable bonds is 10. The van der Waals surface area contributed by atoms with Crippen molar-refractivity contribution in [2.45, 2.75) is 25.7 Å². The largest absolute Gasteiger partial charge is 0.491 e. The lowest BCUT2D eigenvalue weighted by Gasteiger charge is -2.15. The van der Waals surface area contributed by atoms with Crippen LogP contribution in [0.4, 0.5) is 5.69 Å². The average molecular weight is 443 g/mol. The number of benzene rings is 3. The predicted molar refractivity (Wildman–Crippen MR) is 127 cm³/mol. The molecule has 0 aliphatic rings. The molecule has 1 N–H and O–H groups in total. The Labute approximate surface area is 193 Å². The Morgan fingerprint density at radius 2 is 1.64 bits per heavy atom. The first-order valence-electron chi connectivity index (χ1n) is 10.8. The maximum Gasteiger partial charge on any atom is 0.305 e. The van der Waals surface area contributed by atoms with Gasteiger partial charge in [0.2, 0.25) is 0 Å². The maximum atomic E-state index is 12.8. The molecule has 0 saturated carbocycles. The van der Waals surface area contributed by atoms with Crippen LogP contribution in [0.25, 0.3) is 11.1 Å². The summed E-state index contributed by atoms with van der Waals surface area (Å²) in [7, 11) is 1.39. The second-order valence-electron chi connectivity index (χ2n) is 7.46. The van der Waals surface area contributed by atoms with Gasteiger partial charge in [0, 0.05) is 12.0 Å². The molecule has 0 heterocycles. The molecule has 0 fully saturated rings. The SMILES string of the molecule is COC(=O)CCCCCOc1ccc(-c2ccc(C#N)cc2)cc1NC(=O)c1ccccc1. The van der Waals surface area contributed by atoms with E-state index >= 15 is 0 Å². The van der Waals surface area contributed by atoms with Crippen LogP contribution in [-0.4, -0.2) is 25.6 Å².